The fourth-order valence-corrected chi connectivity index (χ4v) is 3.99. The first kappa shape index (κ1) is 20.3. The monoisotopic (exact) mass is 427 g/mol. The zero-order valence-electron chi connectivity index (χ0n) is 18.0. The number of H-pyrrole nitrogens is 1. The summed E-state index contributed by atoms with van der Waals surface area (Å²) in [7, 11) is 2.16. The Hall–Kier alpha value is -3.62. The molecule has 0 aliphatic carbocycles. The Kier molecular flexibility index (Phi) is 5.62. The first-order valence-corrected chi connectivity index (χ1v) is 10.7. The smallest absolute Gasteiger partial charge is 0.276 e. The molecule has 5 rings (SSSR count). The maximum atomic E-state index is 12.8. The minimum absolute atomic E-state index is 0.275. The van der Waals surface area contributed by atoms with Crippen molar-refractivity contribution in [2.75, 3.05) is 38.5 Å². The van der Waals surface area contributed by atoms with Crippen LogP contribution in [0.15, 0.2) is 61.2 Å². The Bertz CT molecular complexity index is 1230. The molecule has 1 aliphatic rings. The van der Waals surface area contributed by atoms with E-state index in [4.69, 9.17) is 0 Å². The summed E-state index contributed by atoms with van der Waals surface area (Å²) in [6, 6.07) is 11.7. The van der Waals surface area contributed by atoms with Crippen LogP contribution in [0.4, 0.5) is 5.69 Å². The summed E-state index contributed by atoms with van der Waals surface area (Å²) in [6.07, 6.45) is 7.07. The van der Waals surface area contributed by atoms with E-state index in [1.807, 2.05) is 30.6 Å². The number of benzene rings is 1. The van der Waals surface area contributed by atoms with E-state index in [2.05, 4.69) is 48.4 Å². The summed E-state index contributed by atoms with van der Waals surface area (Å²) >= 11 is 0. The van der Waals surface area contributed by atoms with Gasteiger partial charge in [0.2, 0.25) is 0 Å². The van der Waals surface area contributed by atoms with Crippen LogP contribution in [0.2, 0.25) is 0 Å². The highest BCUT2D eigenvalue weighted by molar-refractivity contribution is 6.11. The second-order valence-corrected chi connectivity index (χ2v) is 8.19. The number of hydrogen-bond donors (Lipinski definition) is 2. The van der Waals surface area contributed by atoms with Gasteiger partial charge < -0.3 is 10.2 Å². The van der Waals surface area contributed by atoms with E-state index in [0.717, 1.165) is 54.8 Å². The molecule has 8 nitrogen and oxygen atoms in total. The Balaban J connectivity index is 1.39. The third-order valence-electron chi connectivity index (χ3n) is 5.83. The number of rotatable bonds is 5. The Morgan fingerprint density at radius 1 is 1.03 bits per heavy atom. The number of piperazine rings is 1. The van der Waals surface area contributed by atoms with Crippen LogP contribution in [0.3, 0.4) is 0 Å². The Morgan fingerprint density at radius 3 is 2.72 bits per heavy atom. The molecule has 4 heterocycles. The summed E-state index contributed by atoms with van der Waals surface area (Å²) in [5.74, 6) is -0.275. The van der Waals surface area contributed by atoms with Crippen LogP contribution in [0.25, 0.3) is 22.0 Å². The van der Waals surface area contributed by atoms with Gasteiger partial charge in [0.25, 0.3) is 5.91 Å². The van der Waals surface area contributed by atoms with E-state index in [1.54, 1.807) is 24.5 Å². The predicted molar refractivity (Wildman–Crippen MR) is 124 cm³/mol. The second kappa shape index (κ2) is 8.86. The zero-order valence-corrected chi connectivity index (χ0v) is 18.0. The molecule has 0 spiro atoms. The highest BCUT2D eigenvalue weighted by Gasteiger charge is 2.17. The molecule has 162 valence electrons. The van der Waals surface area contributed by atoms with E-state index in [9.17, 15) is 4.79 Å². The largest absolute Gasteiger partial charge is 0.319 e. The third kappa shape index (κ3) is 4.37. The number of amides is 1. The fraction of sp³-hybridized carbons (Fsp3) is 0.250. The molecule has 0 saturated carbocycles. The van der Waals surface area contributed by atoms with E-state index >= 15 is 0 Å². The molecule has 32 heavy (non-hydrogen) atoms. The molecular weight excluding hydrogens is 402 g/mol. The molecule has 1 amide bonds. The van der Waals surface area contributed by atoms with Crippen molar-refractivity contribution in [2.24, 2.45) is 0 Å². The number of hydrogen-bond acceptors (Lipinski definition) is 6. The van der Waals surface area contributed by atoms with Gasteiger partial charge in [-0.25, -0.2) is 0 Å². The van der Waals surface area contributed by atoms with E-state index in [0.29, 0.717) is 11.4 Å². The van der Waals surface area contributed by atoms with Crippen molar-refractivity contribution < 1.29 is 4.79 Å². The van der Waals surface area contributed by atoms with E-state index in [-0.39, 0.29) is 5.91 Å². The molecule has 0 bridgehead atoms. The van der Waals surface area contributed by atoms with Crippen molar-refractivity contribution >= 4 is 22.5 Å². The molecule has 1 saturated heterocycles. The van der Waals surface area contributed by atoms with Crippen molar-refractivity contribution in [3.8, 4) is 11.1 Å². The first-order chi connectivity index (χ1) is 15.7. The van der Waals surface area contributed by atoms with Crippen LogP contribution in [0.1, 0.15) is 16.1 Å². The molecule has 0 radical (unpaired) electrons. The number of carbonyl (C=O) groups excluding carboxylic acids is 1. The predicted octanol–water partition coefficient (Wildman–Crippen LogP) is 3.02. The van der Waals surface area contributed by atoms with Gasteiger partial charge in [-0.1, -0.05) is 6.07 Å². The summed E-state index contributed by atoms with van der Waals surface area (Å²) in [5, 5.41) is 10.8. The van der Waals surface area contributed by atoms with Crippen molar-refractivity contribution in [1.82, 2.24) is 30.0 Å². The quantitative estimate of drug-likeness (QED) is 0.509. The average Bonchev–Trinajstić information content (AvgIpc) is 3.25. The maximum absolute atomic E-state index is 12.8. The molecule has 0 atom stereocenters. The van der Waals surface area contributed by atoms with Crippen LogP contribution in [0, 0.1) is 0 Å². The molecule has 4 aromatic rings. The number of anilines is 1. The number of pyridine rings is 2. The van der Waals surface area contributed by atoms with Crippen LogP contribution >= 0.6 is 0 Å². The summed E-state index contributed by atoms with van der Waals surface area (Å²) < 4.78 is 0. The van der Waals surface area contributed by atoms with E-state index in [1.165, 1.54) is 5.56 Å². The van der Waals surface area contributed by atoms with Crippen LogP contribution in [-0.2, 0) is 6.54 Å². The van der Waals surface area contributed by atoms with Crippen molar-refractivity contribution in [1.29, 1.82) is 0 Å². The molecule has 2 N–H and O–H groups in total. The van der Waals surface area contributed by atoms with Crippen LogP contribution in [0.5, 0.6) is 0 Å². The lowest BCUT2D eigenvalue weighted by Gasteiger charge is -2.32. The number of aromatic amines is 1. The van der Waals surface area contributed by atoms with Gasteiger partial charge in [-0.05, 0) is 48.5 Å². The van der Waals surface area contributed by atoms with Gasteiger partial charge in [-0.2, -0.15) is 5.10 Å². The highest BCUT2D eigenvalue weighted by Crippen LogP contribution is 2.26. The summed E-state index contributed by atoms with van der Waals surface area (Å²) in [4.78, 5) is 26.1. The van der Waals surface area contributed by atoms with Gasteiger partial charge >= 0.3 is 0 Å². The second-order valence-electron chi connectivity index (χ2n) is 8.19. The molecule has 3 aromatic heterocycles. The molecule has 8 heteroatoms. The van der Waals surface area contributed by atoms with Gasteiger partial charge in [0.05, 0.1) is 17.4 Å². The lowest BCUT2D eigenvalue weighted by Crippen LogP contribution is -2.43. The minimum atomic E-state index is -0.275. The van der Waals surface area contributed by atoms with Crippen molar-refractivity contribution in [2.45, 2.75) is 6.54 Å². The van der Waals surface area contributed by atoms with Gasteiger partial charge in [0.15, 0.2) is 5.69 Å². The van der Waals surface area contributed by atoms with Gasteiger partial charge in [-0.15, -0.1) is 0 Å². The minimum Gasteiger partial charge on any atom is -0.319 e. The maximum Gasteiger partial charge on any atom is 0.276 e. The molecule has 1 aliphatic heterocycles. The third-order valence-corrected chi connectivity index (χ3v) is 5.83. The SMILES string of the molecule is CN1CCN(Cc2cncc(-c3ccc4[nH]nc(C(=O)Nc5cccnc5)c4c3)c2)CC1. The van der Waals surface area contributed by atoms with Gasteiger partial charge in [-0.3, -0.25) is 24.8 Å². The Labute approximate surface area is 186 Å². The number of aromatic nitrogens is 4. The number of likely N-dealkylation sites (N-methyl/N-ethyl adjacent to an activating group) is 1. The lowest BCUT2D eigenvalue weighted by molar-refractivity contribution is 0.102. The first-order valence-electron chi connectivity index (χ1n) is 10.7. The standard InChI is InChI=1S/C24H25N7O/c1-30-7-9-31(10-8-30)16-17-11-19(14-26-13-17)18-4-5-22-21(12-18)23(29-28-22)24(32)27-20-3-2-6-25-15-20/h2-6,11-15H,7-10,16H2,1H3,(H,27,32)(H,28,29). The number of fused-ring (bicyclic) bond motifs is 1. The number of nitrogens with one attached hydrogen (secondary N) is 2. The van der Waals surface area contributed by atoms with Crippen molar-refractivity contribution in [3.05, 3.63) is 72.4 Å². The molecular formula is C24H25N7O. The number of carbonyl (C=O) groups is 1. The average molecular weight is 428 g/mol. The Morgan fingerprint density at radius 2 is 1.91 bits per heavy atom. The van der Waals surface area contributed by atoms with E-state index < -0.39 is 0 Å². The highest BCUT2D eigenvalue weighted by atomic mass is 16.1. The summed E-state index contributed by atoms with van der Waals surface area (Å²) in [6.45, 7) is 5.21. The van der Waals surface area contributed by atoms with Crippen LogP contribution < -0.4 is 5.32 Å². The summed E-state index contributed by atoms with van der Waals surface area (Å²) in [5.41, 5.74) is 5.01. The van der Waals surface area contributed by atoms with Gasteiger partial charge in [0, 0.05) is 62.3 Å². The van der Waals surface area contributed by atoms with Crippen molar-refractivity contribution in [3.63, 3.8) is 0 Å². The lowest BCUT2D eigenvalue weighted by atomic mass is 10.0. The zero-order chi connectivity index (χ0) is 21.9. The number of nitrogens with zero attached hydrogens (tertiary/aromatic N) is 5. The molecule has 0 unspecified atom stereocenters. The van der Waals surface area contributed by atoms with Gasteiger partial charge in [0.1, 0.15) is 0 Å². The molecule has 1 aromatic carbocycles. The molecule has 1 fully saturated rings. The fourth-order valence-electron chi connectivity index (χ4n) is 3.99. The van der Waals surface area contributed by atoms with Crippen LogP contribution in [-0.4, -0.2) is 69.1 Å². The normalized spacial score (nSPS) is 15.2. The topological polar surface area (TPSA) is 90.0 Å².